The summed E-state index contributed by atoms with van der Waals surface area (Å²) in [7, 11) is 1.34. The Labute approximate surface area is 193 Å². The molecule has 1 N–H and O–H groups in total. The smallest absolute Gasteiger partial charge is 0.337 e. The van der Waals surface area contributed by atoms with E-state index in [4.69, 9.17) is 9.47 Å². The van der Waals surface area contributed by atoms with Crippen LogP contribution in [0.15, 0.2) is 84.4 Å². The molecule has 0 saturated carbocycles. The van der Waals surface area contributed by atoms with Gasteiger partial charge in [0.1, 0.15) is 24.0 Å². The van der Waals surface area contributed by atoms with Gasteiger partial charge in [0.15, 0.2) is 0 Å². The van der Waals surface area contributed by atoms with Gasteiger partial charge < -0.3 is 14.8 Å². The standard InChI is InChI=1S/C27H24N2O4/c1-19(21-8-4-3-5-9-21)29-26(30)24(17-28)16-23-10-6-7-11-25(23)33-18-20-12-14-22(15-13-20)27(31)32-2/h3-16,19H,18H2,1-2H3,(H,29,30). The molecule has 6 nitrogen and oxygen atoms in total. The first kappa shape index (κ1) is 23.3. The molecule has 0 saturated heterocycles. The van der Waals surface area contributed by atoms with Crippen molar-refractivity contribution >= 4 is 18.0 Å². The highest BCUT2D eigenvalue weighted by Gasteiger charge is 2.15. The van der Waals surface area contributed by atoms with E-state index < -0.39 is 11.9 Å². The molecule has 3 aromatic rings. The van der Waals surface area contributed by atoms with Crippen molar-refractivity contribution in [1.29, 1.82) is 5.26 Å². The van der Waals surface area contributed by atoms with Gasteiger partial charge >= 0.3 is 5.97 Å². The molecular weight excluding hydrogens is 416 g/mol. The third-order valence-corrected chi connectivity index (χ3v) is 5.00. The van der Waals surface area contributed by atoms with Crippen molar-refractivity contribution < 1.29 is 19.1 Å². The molecule has 1 unspecified atom stereocenters. The van der Waals surface area contributed by atoms with Gasteiger partial charge in [-0.3, -0.25) is 4.79 Å². The number of hydrogen-bond acceptors (Lipinski definition) is 5. The normalized spacial score (nSPS) is 11.7. The summed E-state index contributed by atoms with van der Waals surface area (Å²) >= 11 is 0. The van der Waals surface area contributed by atoms with Crippen LogP contribution in [0.4, 0.5) is 0 Å². The van der Waals surface area contributed by atoms with Crippen LogP contribution in [0, 0.1) is 11.3 Å². The van der Waals surface area contributed by atoms with Crippen LogP contribution in [-0.2, 0) is 16.1 Å². The number of carbonyl (C=O) groups excluding carboxylic acids is 2. The topological polar surface area (TPSA) is 88.4 Å². The van der Waals surface area contributed by atoms with Crippen molar-refractivity contribution in [2.45, 2.75) is 19.6 Å². The first-order valence-electron chi connectivity index (χ1n) is 10.4. The van der Waals surface area contributed by atoms with Crippen LogP contribution in [0.25, 0.3) is 6.08 Å². The third-order valence-electron chi connectivity index (χ3n) is 5.00. The van der Waals surface area contributed by atoms with E-state index in [-0.39, 0.29) is 18.2 Å². The lowest BCUT2D eigenvalue weighted by molar-refractivity contribution is -0.117. The molecule has 33 heavy (non-hydrogen) atoms. The Morgan fingerprint density at radius 3 is 2.33 bits per heavy atom. The molecule has 166 valence electrons. The number of benzene rings is 3. The highest BCUT2D eigenvalue weighted by Crippen LogP contribution is 2.23. The minimum atomic E-state index is -0.456. The Hall–Kier alpha value is -4.37. The number of amides is 1. The second-order valence-corrected chi connectivity index (χ2v) is 7.29. The van der Waals surface area contributed by atoms with E-state index in [1.807, 2.05) is 55.5 Å². The van der Waals surface area contributed by atoms with E-state index in [9.17, 15) is 14.9 Å². The third kappa shape index (κ3) is 6.31. The summed E-state index contributed by atoms with van der Waals surface area (Å²) in [5.41, 5.74) is 2.86. The summed E-state index contributed by atoms with van der Waals surface area (Å²) in [5, 5.41) is 12.4. The SMILES string of the molecule is COC(=O)c1ccc(COc2ccccc2C=C(C#N)C(=O)NC(C)c2ccccc2)cc1. The van der Waals surface area contributed by atoms with Crippen LogP contribution in [0.1, 0.15) is 40.0 Å². The zero-order chi connectivity index (χ0) is 23.6. The maximum atomic E-state index is 12.7. The average molecular weight is 440 g/mol. The van der Waals surface area contributed by atoms with Gasteiger partial charge in [-0.05, 0) is 42.3 Å². The number of ether oxygens (including phenoxy) is 2. The van der Waals surface area contributed by atoms with Crippen LogP contribution < -0.4 is 10.1 Å². The lowest BCUT2D eigenvalue weighted by Gasteiger charge is -2.14. The number of nitrogens with one attached hydrogen (secondary N) is 1. The molecule has 3 aromatic carbocycles. The number of esters is 1. The second-order valence-electron chi connectivity index (χ2n) is 7.29. The van der Waals surface area contributed by atoms with Crippen molar-refractivity contribution in [1.82, 2.24) is 5.32 Å². The van der Waals surface area contributed by atoms with Crippen LogP contribution in [0.2, 0.25) is 0 Å². The van der Waals surface area contributed by atoms with Gasteiger partial charge in [0.25, 0.3) is 5.91 Å². The Morgan fingerprint density at radius 2 is 1.67 bits per heavy atom. The van der Waals surface area contributed by atoms with Crippen LogP contribution >= 0.6 is 0 Å². The molecule has 0 aliphatic carbocycles. The molecule has 0 heterocycles. The molecule has 0 aromatic heterocycles. The summed E-state index contributed by atoms with van der Waals surface area (Å²) < 4.78 is 10.6. The summed E-state index contributed by atoms with van der Waals surface area (Å²) in [6.07, 6.45) is 1.52. The first-order chi connectivity index (χ1) is 16.0. The maximum absolute atomic E-state index is 12.7. The fourth-order valence-electron chi connectivity index (χ4n) is 3.15. The van der Waals surface area contributed by atoms with E-state index in [0.717, 1.165) is 11.1 Å². The zero-order valence-corrected chi connectivity index (χ0v) is 18.4. The number of hydrogen-bond donors (Lipinski definition) is 1. The van der Waals surface area contributed by atoms with Gasteiger partial charge in [-0.25, -0.2) is 4.79 Å². The predicted octanol–water partition coefficient (Wildman–Crippen LogP) is 4.84. The van der Waals surface area contributed by atoms with Crippen molar-refractivity contribution in [3.8, 4) is 11.8 Å². The highest BCUT2D eigenvalue weighted by molar-refractivity contribution is 6.02. The van der Waals surface area contributed by atoms with Gasteiger partial charge in [-0.2, -0.15) is 5.26 Å². The Morgan fingerprint density at radius 1 is 1.00 bits per heavy atom. The van der Waals surface area contributed by atoms with Gasteiger partial charge in [0, 0.05) is 5.56 Å². The predicted molar refractivity (Wildman–Crippen MR) is 125 cm³/mol. The molecule has 0 spiro atoms. The van der Waals surface area contributed by atoms with E-state index in [1.54, 1.807) is 36.4 Å². The van der Waals surface area contributed by atoms with Crippen molar-refractivity contribution in [3.05, 3.63) is 107 Å². The molecule has 0 aliphatic heterocycles. The Kier molecular flexibility index (Phi) is 7.98. The molecule has 3 rings (SSSR count). The summed E-state index contributed by atoms with van der Waals surface area (Å²) in [6.45, 7) is 2.12. The minimum absolute atomic E-state index is 0.0173. The van der Waals surface area contributed by atoms with Gasteiger partial charge in [0.05, 0.1) is 18.7 Å². The van der Waals surface area contributed by atoms with Gasteiger partial charge in [0.2, 0.25) is 0 Å². The van der Waals surface area contributed by atoms with Crippen molar-refractivity contribution in [2.24, 2.45) is 0 Å². The average Bonchev–Trinajstić information content (AvgIpc) is 2.86. The summed E-state index contributed by atoms with van der Waals surface area (Å²) in [6, 6.07) is 25.4. The van der Waals surface area contributed by atoms with Crippen molar-refractivity contribution in [3.63, 3.8) is 0 Å². The van der Waals surface area contributed by atoms with Crippen LogP contribution in [0.3, 0.4) is 0 Å². The maximum Gasteiger partial charge on any atom is 0.337 e. The van der Waals surface area contributed by atoms with E-state index >= 15 is 0 Å². The number of nitrogens with zero attached hydrogens (tertiary/aromatic N) is 1. The number of rotatable bonds is 8. The van der Waals surface area contributed by atoms with Gasteiger partial charge in [-0.15, -0.1) is 0 Å². The minimum Gasteiger partial charge on any atom is -0.488 e. The fraction of sp³-hybridized carbons (Fsp3) is 0.148. The number of carbonyl (C=O) groups is 2. The Bertz CT molecular complexity index is 1180. The molecule has 0 fully saturated rings. The first-order valence-corrected chi connectivity index (χ1v) is 10.4. The zero-order valence-electron chi connectivity index (χ0n) is 18.4. The number of para-hydroxylation sites is 1. The second kappa shape index (κ2) is 11.3. The molecule has 1 atom stereocenters. The quantitative estimate of drug-likeness (QED) is 0.308. The van der Waals surface area contributed by atoms with Gasteiger partial charge in [-0.1, -0.05) is 60.7 Å². The number of methoxy groups -OCH3 is 1. The summed E-state index contributed by atoms with van der Waals surface area (Å²) in [5.74, 6) is -0.324. The Balaban J connectivity index is 1.72. The van der Waals surface area contributed by atoms with E-state index in [2.05, 4.69) is 5.32 Å². The molecular formula is C27H24N2O4. The highest BCUT2D eigenvalue weighted by atomic mass is 16.5. The molecule has 1 amide bonds. The summed E-state index contributed by atoms with van der Waals surface area (Å²) in [4.78, 5) is 24.2. The van der Waals surface area contributed by atoms with Crippen LogP contribution in [0.5, 0.6) is 5.75 Å². The fourth-order valence-corrected chi connectivity index (χ4v) is 3.15. The monoisotopic (exact) mass is 440 g/mol. The molecule has 0 aliphatic rings. The van der Waals surface area contributed by atoms with E-state index in [0.29, 0.717) is 16.9 Å². The van der Waals surface area contributed by atoms with Crippen molar-refractivity contribution in [2.75, 3.05) is 7.11 Å². The molecule has 0 radical (unpaired) electrons. The van der Waals surface area contributed by atoms with Crippen LogP contribution in [-0.4, -0.2) is 19.0 Å². The lowest BCUT2D eigenvalue weighted by Crippen LogP contribution is -2.27. The van der Waals surface area contributed by atoms with E-state index in [1.165, 1.54) is 13.2 Å². The lowest BCUT2D eigenvalue weighted by atomic mass is 10.1. The molecule has 0 bridgehead atoms. The molecule has 6 heteroatoms. The number of nitriles is 1. The largest absolute Gasteiger partial charge is 0.488 e.